The van der Waals surface area contributed by atoms with Crippen molar-refractivity contribution in [2.24, 2.45) is 0 Å². The first-order valence-corrected chi connectivity index (χ1v) is 8.34. The first kappa shape index (κ1) is 16.7. The Bertz CT molecular complexity index is 720. The van der Waals surface area contributed by atoms with Crippen LogP contribution in [0, 0.1) is 17.0 Å². The molecule has 0 aliphatic heterocycles. The topological polar surface area (TPSA) is 85.1 Å². The number of nitrogens with one attached hydrogen (secondary N) is 1. The number of nitro groups is 1. The number of nitrogens with zero attached hydrogens (tertiary/aromatic N) is 2. The number of halogens is 1. The zero-order chi connectivity index (χ0) is 16.3. The third kappa shape index (κ3) is 4.19. The maximum atomic E-state index is 12.2. The number of benzene rings is 1. The molecule has 9 heteroatoms. The van der Waals surface area contributed by atoms with Gasteiger partial charge in [0.1, 0.15) is 0 Å². The number of rotatable bonds is 5. The van der Waals surface area contributed by atoms with Crippen LogP contribution < -0.4 is 5.32 Å². The monoisotopic (exact) mass is 357 g/mol. The molecule has 6 nitrogen and oxygen atoms in total. The zero-order valence-corrected chi connectivity index (χ0v) is 14.1. The Balaban J connectivity index is 2.07. The van der Waals surface area contributed by atoms with E-state index < -0.39 is 10.2 Å². The molecule has 2 rings (SSSR count). The van der Waals surface area contributed by atoms with E-state index in [2.05, 4.69) is 10.3 Å². The standard InChI is InChI=1S/C13H12ClN3O3S2/c1-7-6-21-13(15-7)22-8(2)12(18)16-11-5-9(17(19)20)3-4-10(11)14/h3-6,8H,1-2H3,(H,16,18)/t8-/m1/s1. The number of hydrogen-bond acceptors (Lipinski definition) is 6. The average Bonchev–Trinajstić information content (AvgIpc) is 2.86. The van der Waals surface area contributed by atoms with E-state index in [1.54, 1.807) is 6.92 Å². The lowest BCUT2D eigenvalue weighted by molar-refractivity contribution is -0.384. The second-order valence-corrected chi connectivity index (χ2v) is 7.28. The fourth-order valence-corrected chi connectivity index (χ4v) is 3.70. The number of carbonyl (C=O) groups is 1. The molecule has 0 aliphatic rings. The molecule has 0 unspecified atom stereocenters. The van der Waals surface area contributed by atoms with Gasteiger partial charge in [-0.2, -0.15) is 0 Å². The maximum absolute atomic E-state index is 12.2. The van der Waals surface area contributed by atoms with Gasteiger partial charge in [-0.3, -0.25) is 14.9 Å². The first-order chi connectivity index (χ1) is 10.4. The summed E-state index contributed by atoms with van der Waals surface area (Å²) < 4.78 is 0.797. The number of aromatic nitrogens is 1. The molecule has 1 N–H and O–H groups in total. The number of anilines is 1. The van der Waals surface area contributed by atoms with Gasteiger partial charge in [-0.25, -0.2) is 4.98 Å². The Kier molecular flexibility index (Phi) is 5.38. The van der Waals surface area contributed by atoms with Crippen LogP contribution in [0.2, 0.25) is 5.02 Å². The van der Waals surface area contributed by atoms with Gasteiger partial charge in [0.25, 0.3) is 5.69 Å². The van der Waals surface area contributed by atoms with Gasteiger partial charge in [0, 0.05) is 23.2 Å². The summed E-state index contributed by atoms with van der Waals surface area (Å²) in [7, 11) is 0. The molecule has 1 amide bonds. The summed E-state index contributed by atoms with van der Waals surface area (Å²) in [5.74, 6) is -0.291. The molecule has 2 aromatic rings. The maximum Gasteiger partial charge on any atom is 0.271 e. The van der Waals surface area contributed by atoms with Crippen LogP contribution in [0.4, 0.5) is 11.4 Å². The summed E-state index contributed by atoms with van der Waals surface area (Å²) in [4.78, 5) is 26.7. The molecule has 1 aromatic carbocycles. The van der Waals surface area contributed by atoms with E-state index in [0.29, 0.717) is 0 Å². The molecule has 0 radical (unpaired) electrons. The summed E-state index contributed by atoms with van der Waals surface area (Å²) >= 11 is 8.75. The minimum atomic E-state index is -0.539. The van der Waals surface area contributed by atoms with Crippen molar-refractivity contribution in [2.45, 2.75) is 23.4 Å². The fraction of sp³-hybridized carbons (Fsp3) is 0.231. The molecule has 0 saturated heterocycles. The predicted octanol–water partition coefficient (Wildman–Crippen LogP) is 4.13. The lowest BCUT2D eigenvalue weighted by atomic mass is 10.2. The van der Waals surface area contributed by atoms with E-state index in [1.165, 1.54) is 41.3 Å². The summed E-state index contributed by atoms with van der Waals surface area (Å²) in [5, 5.41) is 15.1. The van der Waals surface area contributed by atoms with Gasteiger partial charge < -0.3 is 5.32 Å². The summed E-state index contributed by atoms with van der Waals surface area (Å²) in [5.41, 5.74) is 1.00. The van der Waals surface area contributed by atoms with Crippen LogP contribution in [-0.4, -0.2) is 21.1 Å². The lowest BCUT2D eigenvalue weighted by Gasteiger charge is -2.11. The third-order valence-corrected chi connectivity index (χ3v) is 5.18. The van der Waals surface area contributed by atoms with Crippen molar-refractivity contribution in [3.8, 4) is 0 Å². The Morgan fingerprint density at radius 3 is 2.86 bits per heavy atom. The largest absolute Gasteiger partial charge is 0.324 e. The van der Waals surface area contributed by atoms with Crippen LogP contribution in [0.5, 0.6) is 0 Å². The highest BCUT2D eigenvalue weighted by atomic mass is 35.5. The van der Waals surface area contributed by atoms with Crippen molar-refractivity contribution in [3.05, 3.63) is 44.4 Å². The van der Waals surface area contributed by atoms with Gasteiger partial charge in [0.05, 0.1) is 20.9 Å². The van der Waals surface area contributed by atoms with Crippen molar-refractivity contribution in [1.82, 2.24) is 4.98 Å². The van der Waals surface area contributed by atoms with Gasteiger partial charge in [-0.15, -0.1) is 11.3 Å². The minimum absolute atomic E-state index is 0.129. The molecule has 22 heavy (non-hydrogen) atoms. The molecule has 0 saturated carbocycles. The van der Waals surface area contributed by atoms with Crippen LogP contribution in [-0.2, 0) is 4.79 Å². The summed E-state index contributed by atoms with van der Waals surface area (Å²) in [6.45, 7) is 3.62. The quantitative estimate of drug-likeness (QED) is 0.494. The molecule has 1 atom stereocenters. The van der Waals surface area contributed by atoms with E-state index in [-0.39, 0.29) is 22.3 Å². The molecular formula is C13H12ClN3O3S2. The van der Waals surface area contributed by atoms with Crippen molar-refractivity contribution in [2.75, 3.05) is 5.32 Å². The smallest absolute Gasteiger partial charge is 0.271 e. The van der Waals surface area contributed by atoms with Crippen LogP contribution >= 0.6 is 34.7 Å². The Hall–Kier alpha value is -1.64. The van der Waals surface area contributed by atoms with Gasteiger partial charge in [-0.05, 0) is 19.9 Å². The summed E-state index contributed by atoms with van der Waals surface area (Å²) in [6, 6.07) is 3.91. The van der Waals surface area contributed by atoms with E-state index >= 15 is 0 Å². The highest BCUT2D eigenvalue weighted by Gasteiger charge is 2.18. The van der Waals surface area contributed by atoms with Crippen LogP contribution in [0.25, 0.3) is 0 Å². The number of hydrogen-bond donors (Lipinski definition) is 1. The average molecular weight is 358 g/mol. The van der Waals surface area contributed by atoms with Gasteiger partial charge >= 0.3 is 0 Å². The third-order valence-electron chi connectivity index (χ3n) is 2.66. The highest BCUT2D eigenvalue weighted by Crippen LogP contribution is 2.30. The lowest BCUT2D eigenvalue weighted by Crippen LogP contribution is -2.22. The van der Waals surface area contributed by atoms with Gasteiger partial charge in [0.2, 0.25) is 5.91 Å². The number of thioether (sulfide) groups is 1. The first-order valence-electron chi connectivity index (χ1n) is 6.20. The molecule has 1 heterocycles. The second-order valence-electron chi connectivity index (χ2n) is 4.43. The van der Waals surface area contributed by atoms with Gasteiger partial charge in [-0.1, -0.05) is 23.4 Å². The Labute approximate surface area is 140 Å². The SMILES string of the molecule is Cc1csc(S[C@H](C)C(=O)Nc2cc([N+](=O)[O-])ccc2Cl)n1. The summed E-state index contributed by atoms with van der Waals surface area (Å²) in [6.07, 6.45) is 0. The molecule has 0 aliphatic carbocycles. The van der Waals surface area contributed by atoms with E-state index in [9.17, 15) is 14.9 Å². The molecule has 0 fully saturated rings. The van der Waals surface area contributed by atoms with E-state index in [4.69, 9.17) is 11.6 Å². The van der Waals surface area contributed by atoms with E-state index in [1.807, 2.05) is 12.3 Å². The number of aryl methyl sites for hydroxylation is 1. The Morgan fingerprint density at radius 1 is 1.55 bits per heavy atom. The van der Waals surface area contributed by atoms with Crippen LogP contribution in [0.3, 0.4) is 0 Å². The number of carbonyl (C=O) groups excluding carboxylic acids is 1. The fourth-order valence-electron chi connectivity index (χ4n) is 1.55. The van der Waals surface area contributed by atoms with Crippen LogP contribution in [0.1, 0.15) is 12.6 Å². The number of non-ortho nitro benzene ring substituents is 1. The normalized spacial score (nSPS) is 12.0. The number of amides is 1. The van der Waals surface area contributed by atoms with Gasteiger partial charge in [0.15, 0.2) is 4.34 Å². The molecular weight excluding hydrogens is 346 g/mol. The van der Waals surface area contributed by atoms with Crippen molar-refractivity contribution < 1.29 is 9.72 Å². The van der Waals surface area contributed by atoms with Crippen molar-refractivity contribution in [3.63, 3.8) is 0 Å². The Morgan fingerprint density at radius 2 is 2.27 bits per heavy atom. The highest BCUT2D eigenvalue weighted by molar-refractivity contribution is 8.02. The molecule has 1 aromatic heterocycles. The number of nitro benzene ring substituents is 1. The van der Waals surface area contributed by atoms with Crippen molar-refractivity contribution >= 4 is 52.0 Å². The van der Waals surface area contributed by atoms with Crippen molar-refractivity contribution in [1.29, 1.82) is 0 Å². The zero-order valence-electron chi connectivity index (χ0n) is 11.7. The van der Waals surface area contributed by atoms with Crippen LogP contribution in [0.15, 0.2) is 27.9 Å². The predicted molar refractivity (Wildman–Crippen MR) is 88.9 cm³/mol. The van der Waals surface area contributed by atoms with E-state index in [0.717, 1.165) is 10.0 Å². The molecule has 116 valence electrons. The molecule has 0 spiro atoms. The molecule has 0 bridgehead atoms. The number of thiazole rings is 1. The second kappa shape index (κ2) is 7.08. The minimum Gasteiger partial charge on any atom is -0.324 e.